The Morgan fingerprint density at radius 2 is 1.83 bits per heavy atom. The number of aliphatic hydroxyl groups is 1. The maximum atomic E-state index is 12.6. The van der Waals surface area contributed by atoms with Crippen molar-refractivity contribution >= 4 is 5.91 Å². The molecule has 0 aromatic rings. The smallest absolute Gasteiger partial charge is 0.240 e. The van der Waals surface area contributed by atoms with E-state index in [-0.39, 0.29) is 18.1 Å². The Balaban J connectivity index is 2.00. The summed E-state index contributed by atoms with van der Waals surface area (Å²) >= 11 is 0. The molecule has 0 saturated carbocycles. The number of carbonyl (C=O) groups is 1. The zero-order valence-corrected chi connectivity index (χ0v) is 11.8. The van der Waals surface area contributed by atoms with Crippen LogP contribution in [0.15, 0.2) is 0 Å². The lowest BCUT2D eigenvalue weighted by molar-refractivity contribution is -0.142. The quantitative estimate of drug-likeness (QED) is 0.806. The SMILES string of the molecule is CC(C(=O)N1C(C)CCCC1C)N1CC[C@H](O)C1. The Kier molecular flexibility index (Phi) is 4.28. The van der Waals surface area contributed by atoms with E-state index < -0.39 is 0 Å². The van der Waals surface area contributed by atoms with Crippen LogP contribution >= 0.6 is 0 Å². The Morgan fingerprint density at radius 1 is 1.22 bits per heavy atom. The van der Waals surface area contributed by atoms with Crippen molar-refractivity contribution in [3.63, 3.8) is 0 Å². The molecular formula is C14H26N2O2. The summed E-state index contributed by atoms with van der Waals surface area (Å²) in [5.74, 6) is 0.240. The first-order valence-electron chi connectivity index (χ1n) is 7.25. The first-order valence-corrected chi connectivity index (χ1v) is 7.25. The Labute approximate surface area is 110 Å². The summed E-state index contributed by atoms with van der Waals surface area (Å²) in [5.41, 5.74) is 0. The van der Waals surface area contributed by atoms with Crippen LogP contribution in [-0.4, -0.2) is 58.1 Å². The molecule has 18 heavy (non-hydrogen) atoms. The van der Waals surface area contributed by atoms with Gasteiger partial charge in [-0.15, -0.1) is 0 Å². The maximum Gasteiger partial charge on any atom is 0.240 e. The van der Waals surface area contributed by atoms with Crippen molar-refractivity contribution in [2.24, 2.45) is 0 Å². The normalized spacial score (nSPS) is 35.8. The van der Waals surface area contributed by atoms with Gasteiger partial charge in [-0.2, -0.15) is 0 Å². The minimum atomic E-state index is -0.253. The molecule has 0 bridgehead atoms. The summed E-state index contributed by atoms with van der Waals surface area (Å²) in [6.45, 7) is 7.76. The third-order valence-electron chi connectivity index (χ3n) is 4.55. The molecule has 4 nitrogen and oxygen atoms in total. The van der Waals surface area contributed by atoms with Crippen LogP contribution in [0.25, 0.3) is 0 Å². The summed E-state index contributed by atoms with van der Waals surface area (Å²) in [6, 6.07) is 0.623. The molecule has 2 aliphatic rings. The van der Waals surface area contributed by atoms with Gasteiger partial charge in [-0.25, -0.2) is 0 Å². The molecule has 0 aromatic heterocycles. The van der Waals surface area contributed by atoms with Gasteiger partial charge in [-0.3, -0.25) is 9.69 Å². The molecule has 0 spiro atoms. The van der Waals surface area contributed by atoms with E-state index in [1.54, 1.807) is 0 Å². The second-order valence-corrected chi connectivity index (χ2v) is 5.99. The minimum absolute atomic E-state index is 0.0925. The van der Waals surface area contributed by atoms with Gasteiger partial charge in [0.05, 0.1) is 12.1 Å². The van der Waals surface area contributed by atoms with Gasteiger partial charge in [-0.1, -0.05) is 0 Å². The zero-order valence-electron chi connectivity index (χ0n) is 11.8. The van der Waals surface area contributed by atoms with E-state index in [1.165, 1.54) is 6.42 Å². The highest BCUT2D eigenvalue weighted by Crippen LogP contribution is 2.25. The van der Waals surface area contributed by atoms with Crippen molar-refractivity contribution in [2.45, 2.75) is 70.7 Å². The second-order valence-electron chi connectivity index (χ2n) is 5.99. The van der Waals surface area contributed by atoms with Crippen molar-refractivity contribution in [1.82, 2.24) is 9.80 Å². The fourth-order valence-electron chi connectivity index (χ4n) is 3.35. The molecule has 4 heteroatoms. The Hall–Kier alpha value is -0.610. The standard InChI is InChI=1S/C14H26N2O2/c1-10-5-4-6-11(2)16(10)14(18)12(3)15-8-7-13(17)9-15/h10-13,17H,4-9H2,1-3H3/t10?,11?,12?,13-/m0/s1. The van der Waals surface area contributed by atoms with Gasteiger partial charge in [0, 0.05) is 25.2 Å². The van der Waals surface area contributed by atoms with Gasteiger partial charge in [0.1, 0.15) is 0 Å². The molecular weight excluding hydrogens is 228 g/mol. The highest BCUT2D eigenvalue weighted by atomic mass is 16.3. The molecule has 4 atom stereocenters. The third-order valence-corrected chi connectivity index (χ3v) is 4.55. The number of nitrogens with zero attached hydrogens (tertiary/aromatic N) is 2. The van der Waals surface area contributed by atoms with Crippen LogP contribution in [0.5, 0.6) is 0 Å². The average Bonchev–Trinajstić information content (AvgIpc) is 2.74. The van der Waals surface area contributed by atoms with Crippen LogP contribution in [0.4, 0.5) is 0 Å². The van der Waals surface area contributed by atoms with Gasteiger partial charge in [-0.05, 0) is 46.5 Å². The minimum Gasteiger partial charge on any atom is -0.392 e. The maximum absolute atomic E-state index is 12.6. The zero-order chi connectivity index (χ0) is 13.3. The molecule has 1 N–H and O–H groups in total. The number of piperidine rings is 1. The Bertz CT molecular complexity index is 298. The van der Waals surface area contributed by atoms with E-state index in [0.29, 0.717) is 18.6 Å². The second kappa shape index (κ2) is 5.57. The lowest BCUT2D eigenvalue weighted by Crippen LogP contribution is -2.54. The molecule has 2 heterocycles. The molecule has 1 amide bonds. The van der Waals surface area contributed by atoms with Gasteiger partial charge in [0.25, 0.3) is 0 Å². The number of hydrogen-bond acceptors (Lipinski definition) is 3. The van der Waals surface area contributed by atoms with E-state index in [1.807, 2.05) is 6.92 Å². The van der Waals surface area contributed by atoms with E-state index in [2.05, 4.69) is 23.6 Å². The molecule has 2 rings (SSSR count). The molecule has 0 radical (unpaired) electrons. The Morgan fingerprint density at radius 3 is 2.33 bits per heavy atom. The first-order chi connectivity index (χ1) is 8.50. The van der Waals surface area contributed by atoms with Gasteiger partial charge in [0.2, 0.25) is 5.91 Å². The number of β-amino-alcohol motifs (C(OH)–C–C–N with tert-alkyl or cyclic N) is 1. The molecule has 0 aromatic carbocycles. The molecule has 2 saturated heterocycles. The monoisotopic (exact) mass is 254 g/mol. The number of hydrogen-bond donors (Lipinski definition) is 1. The van der Waals surface area contributed by atoms with Gasteiger partial charge < -0.3 is 10.0 Å². The molecule has 2 aliphatic heterocycles. The van der Waals surface area contributed by atoms with E-state index in [4.69, 9.17) is 0 Å². The topological polar surface area (TPSA) is 43.8 Å². The molecule has 3 unspecified atom stereocenters. The van der Waals surface area contributed by atoms with Gasteiger partial charge >= 0.3 is 0 Å². The van der Waals surface area contributed by atoms with Crippen LogP contribution in [0.1, 0.15) is 46.5 Å². The first kappa shape index (κ1) is 13.8. The van der Waals surface area contributed by atoms with Gasteiger partial charge in [0.15, 0.2) is 0 Å². The van der Waals surface area contributed by atoms with Crippen molar-refractivity contribution in [1.29, 1.82) is 0 Å². The largest absolute Gasteiger partial charge is 0.392 e. The van der Waals surface area contributed by atoms with E-state index in [9.17, 15) is 9.90 Å². The fourth-order valence-corrected chi connectivity index (χ4v) is 3.35. The van der Waals surface area contributed by atoms with E-state index in [0.717, 1.165) is 25.8 Å². The number of rotatable bonds is 2. The summed E-state index contributed by atoms with van der Waals surface area (Å²) in [4.78, 5) is 16.8. The predicted molar refractivity (Wildman–Crippen MR) is 71.3 cm³/mol. The fraction of sp³-hybridized carbons (Fsp3) is 0.929. The highest BCUT2D eigenvalue weighted by molar-refractivity contribution is 5.82. The lowest BCUT2D eigenvalue weighted by atomic mass is 9.96. The number of aliphatic hydroxyl groups excluding tert-OH is 1. The third kappa shape index (κ3) is 2.69. The number of likely N-dealkylation sites (tertiary alicyclic amines) is 2. The molecule has 2 fully saturated rings. The number of carbonyl (C=O) groups excluding carboxylic acids is 1. The van der Waals surface area contributed by atoms with Crippen LogP contribution in [0.2, 0.25) is 0 Å². The summed E-state index contributed by atoms with van der Waals surface area (Å²) in [5, 5.41) is 9.58. The molecule has 0 aliphatic carbocycles. The van der Waals surface area contributed by atoms with Crippen LogP contribution in [0, 0.1) is 0 Å². The summed E-state index contributed by atoms with van der Waals surface area (Å²) in [6.07, 6.45) is 4.00. The van der Waals surface area contributed by atoms with Crippen molar-refractivity contribution in [3.05, 3.63) is 0 Å². The highest BCUT2D eigenvalue weighted by Gasteiger charge is 2.35. The molecule has 104 valence electrons. The lowest BCUT2D eigenvalue weighted by Gasteiger charge is -2.41. The van der Waals surface area contributed by atoms with E-state index >= 15 is 0 Å². The number of amides is 1. The summed E-state index contributed by atoms with van der Waals surface area (Å²) < 4.78 is 0. The van der Waals surface area contributed by atoms with Crippen LogP contribution in [0.3, 0.4) is 0 Å². The van der Waals surface area contributed by atoms with Crippen LogP contribution < -0.4 is 0 Å². The van der Waals surface area contributed by atoms with Crippen molar-refractivity contribution in [2.75, 3.05) is 13.1 Å². The van der Waals surface area contributed by atoms with Crippen molar-refractivity contribution in [3.8, 4) is 0 Å². The average molecular weight is 254 g/mol. The predicted octanol–water partition coefficient (Wildman–Crippen LogP) is 1.23. The summed E-state index contributed by atoms with van der Waals surface area (Å²) in [7, 11) is 0. The van der Waals surface area contributed by atoms with Crippen LogP contribution in [-0.2, 0) is 4.79 Å². The van der Waals surface area contributed by atoms with Crippen molar-refractivity contribution < 1.29 is 9.90 Å².